The molecule has 150 valence electrons. The summed E-state index contributed by atoms with van der Waals surface area (Å²) in [5, 5.41) is 17.8. The molecule has 0 amide bonds. The quantitative estimate of drug-likeness (QED) is 0.563. The number of halogens is 5. The highest BCUT2D eigenvalue weighted by Gasteiger charge is 2.35. The van der Waals surface area contributed by atoms with E-state index in [1.165, 1.54) is 13.0 Å². The Morgan fingerprint density at radius 1 is 1.25 bits per heavy atom. The molecule has 1 aromatic carbocycles. The molecular formula is C18H17BrF4N4O. The molecule has 3 rings (SSSR count). The van der Waals surface area contributed by atoms with Gasteiger partial charge in [-0.1, -0.05) is 0 Å². The Hall–Kier alpha value is -2.20. The molecule has 0 saturated heterocycles. The molecule has 0 aliphatic carbocycles. The lowest BCUT2D eigenvalue weighted by molar-refractivity contribution is -0.141. The zero-order valence-electron chi connectivity index (χ0n) is 15.0. The van der Waals surface area contributed by atoms with Crippen LogP contribution in [0.5, 0.6) is 0 Å². The van der Waals surface area contributed by atoms with Crippen molar-refractivity contribution in [2.45, 2.75) is 39.1 Å². The van der Waals surface area contributed by atoms with E-state index in [0.717, 1.165) is 22.9 Å². The van der Waals surface area contributed by atoms with Gasteiger partial charge >= 0.3 is 6.18 Å². The molecule has 10 heteroatoms. The molecule has 2 aromatic heterocycles. The van der Waals surface area contributed by atoms with E-state index in [0.29, 0.717) is 16.7 Å². The summed E-state index contributed by atoms with van der Waals surface area (Å²) < 4.78 is 56.9. The van der Waals surface area contributed by atoms with Crippen molar-refractivity contribution in [2.24, 2.45) is 0 Å². The summed E-state index contributed by atoms with van der Waals surface area (Å²) in [6.07, 6.45) is -4.05. The van der Waals surface area contributed by atoms with Gasteiger partial charge in [0.1, 0.15) is 10.4 Å². The van der Waals surface area contributed by atoms with Crippen molar-refractivity contribution in [1.82, 2.24) is 19.6 Å². The third-order valence-corrected chi connectivity index (χ3v) is 5.18. The van der Waals surface area contributed by atoms with Gasteiger partial charge in [-0.3, -0.25) is 4.68 Å². The lowest BCUT2D eigenvalue weighted by Gasteiger charge is -2.15. The number of hydrogen-bond donors (Lipinski definition) is 1. The lowest BCUT2D eigenvalue weighted by Crippen LogP contribution is -2.10. The fraction of sp³-hybridized carbons (Fsp3) is 0.333. The Bertz CT molecular complexity index is 994. The standard InChI is InChI=1S/C18H17BrF4N4O/c1-3-26-17(19)11(9-24-26)6-13-8-16(18(21,22)23)25-27(13)15-5-4-12(20)7-14(15)10(2)28/h4-5,7-10,28H,3,6H2,1-2H3. The molecule has 0 aliphatic rings. The second-order valence-corrected chi connectivity index (χ2v) is 7.01. The smallest absolute Gasteiger partial charge is 0.389 e. The van der Waals surface area contributed by atoms with Crippen LogP contribution in [0.15, 0.2) is 35.1 Å². The largest absolute Gasteiger partial charge is 0.435 e. The minimum atomic E-state index is -4.64. The first kappa shape index (κ1) is 20.5. The summed E-state index contributed by atoms with van der Waals surface area (Å²) in [7, 11) is 0. The highest BCUT2D eigenvalue weighted by atomic mass is 79.9. The zero-order chi connectivity index (χ0) is 20.6. The Morgan fingerprint density at radius 3 is 2.54 bits per heavy atom. The van der Waals surface area contributed by atoms with E-state index in [2.05, 4.69) is 26.1 Å². The maximum absolute atomic E-state index is 13.6. The normalized spacial score (nSPS) is 13.1. The SMILES string of the molecule is CCn1ncc(Cc2cc(C(F)(F)F)nn2-c2ccc(F)cc2C(C)O)c1Br. The zero-order valence-corrected chi connectivity index (χ0v) is 16.6. The summed E-state index contributed by atoms with van der Waals surface area (Å²) in [6, 6.07) is 4.46. The van der Waals surface area contributed by atoms with E-state index in [1.807, 2.05) is 6.92 Å². The number of hydrogen-bond acceptors (Lipinski definition) is 3. The number of aryl methyl sites for hydroxylation is 1. The first-order valence-corrected chi connectivity index (χ1v) is 9.25. The maximum Gasteiger partial charge on any atom is 0.435 e. The molecule has 0 aliphatic heterocycles. The second kappa shape index (κ2) is 7.67. The summed E-state index contributed by atoms with van der Waals surface area (Å²) in [5.74, 6) is -0.601. The summed E-state index contributed by atoms with van der Waals surface area (Å²) in [5.41, 5.74) is 0.166. The average molecular weight is 461 g/mol. The molecule has 1 atom stereocenters. The fourth-order valence-corrected chi connectivity index (χ4v) is 3.47. The molecule has 0 bridgehead atoms. The van der Waals surface area contributed by atoms with Crippen LogP contribution in [0.1, 0.15) is 42.5 Å². The number of aromatic nitrogens is 4. The summed E-state index contributed by atoms with van der Waals surface area (Å²) >= 11 is 3.40. The number of rotatable bonds is 5. The van der Waals surface area contributed by atoms with Gasteiger partial charge in [0.25, 0.3) is 0 Å². The molecule has 5 nitrogen and oxygen atoms in total. The van der Waals surface area contributed by atoms with Crippen LogP contribution < -0.4 is 0 Å². The Labute approximate surface area is 166 Å². The van der Waals surface area contributed by atoms with Crippen molar-refractivity contribution in [3.63, 3.8) is 0 Å². The van der Waals surface area contributed by atoms with E-state index in [-0.39, 0.29) is 23.4 Å². The number of aliphatic hydroxyl groups is 1. The minimum absolute atomic E-state index is 0.111. The minimum Gasteiger partial charge on any atom is -0.389 e. The van der Waals surface area contributed by atoms with Crippen LogP contribution in [0.4, 0.5) is 17.6 Å². The van der Waals surface area contributed by atoms with Crippen molar-refractivity contribution in [3.8, 4) is 5.69 Å². The van der Waals surface area contributed by atoms with Crippen molar-refractivity contribution < 1.29 is 22.7 Å². The highest BCUT2D eigenvalue weighted by molar-refractivity contribution is 9.10. The van der Waals surface area contributed by atoms with Crippen LogP contribution >= 0.6 is 15.9 Å². The molecule has 0 radical (unpaired) electrons. The Morgan fingerprint density at radius 2 is 1.96 bits per heavy atom. The average Bonchev–Trinajstić information content (AvgIpc) is 3.19. The van der Waals surface area contributed by atoms with Crippen LogP contribution in [-0.4, -0.2) is 24.7 Å². The van der Waals surface area contributed by atoms with Gasteiger partial charge in [-0.2, -0.15) is 23.4 Å². The summed E-state index contributed by atoms with van der Waals surface area (Å²) in [4.78, 5) is 0. The van der Waals surface area contributed by atoms with Gasteiger partial charge in [0, 0.05) is 29.8 Å². The van der Waals surface area contributed by atoms with Crippen LogP contribution in [0.3, 0.4) is 0 Å². The first-order chi connectivity index (χ1) is 13.1. The van der Waals surface area contributed by atoms with E-state index in [4.69, 9.17) is 0 Å². The molecule has 0 fully saturated rings. The van der Waals surface area contributed by atoms with Crippen molar-refractivity contribution in [1.29, 1.82) is 0 Å². The topological polar surface area (TPSA) is 55.9 Å². The van der Waals surface area contributed by atoms with Gasteiger partial charge in [-0.05, 0) is 54.0 Å². The maximum atomic E-state index is 13.6. The predicted octanol–water partition coefficient (Wildman–Crippen LogP) is 4.65. The van der Waals surface area contributed by atoms with Crippen molar-refractivity contribution in [2.75, 3.05) is 0 Å². The molecule has 2 heterocycles. The van der Waals surface area contributed by atoms with Gasteiger partial charge in [0.05, 0.1) is 18.0 Å². The molecule has 0 saturated carbocycles. The molecule has 3 aromatic rings. The number of nitrogens with zero attached hydrogens (tertiary/aromatic N) is 4. The van der Waals surface area contributed by atoms with E-state index in [9.17, 15) is 22.7 Å². The van der Waals surface area contributed by atoms with Crippen LogP contribution in [0, 0.1) is 5.82 Å². The van der Waals surface area contributed by atoms with Crippen molar-refractivity contribution >= 4 is 15.9 Å². The van der Waals surface area contributed by atoms with Crippen LogP contribution in [0.2, 0.25) is 0 Å². The second-order valence-electron chi connectivity index (χ2n) is 6.26. The predicted molar refractivity (Wildman–Crippen MR) is 97.6 cm³/mol. The Balaban J connectivity index is 2.15. The first-order valence-electron chi connectivity index (χ1n) is 8.46. The Kier molecular flexibility index (Phi) is 5.62. The monoisotopic (exact) mass is 460 g/mol. The van der Waals surface area contributed by atoms with Crippen molar-refractivity contribution in [3.05, 3.63) is 63.4 Å². The summed E-state index contributed by atoms with van der Waals surface area (Å²) in [6.45, 7) is 3.90. The molecule has 1 unspecified atom stereocenters. The van der Waals surface area contributed by atoms with Crippen LogP contribution in [-0.2, 0) is 19.1 Å². The van der Waals surface area contributed by atoms with Gasteiger partial charge in [-0.15, -0.1) is 0 Å². The number of benzene rings is 1. The van der Waals surface area contributed by atoms with Gasteiger partial charge in [-0.25, -0.2) is 9.07 Å². The van der Waals surface area contributed by atoms with Gasteiger partial charge in [0.2, 0.25) is 0 Å². The fourth-order valence-electron chi connectivity index (χ4n) is 2.89. The highest BCUT2D eigenvalue weighted by Crippen LogP contribution is 2.32. The molecule has 1 N–H and O–H groups in total. The molecular weight excluding hydrogens is 444 g/mol. The van der Waals surface area contributed by atoms with Gasteiger partial charge in [0.15, 0.2) is 5.69 Å². The molecule has 28 heavy (non-hydrogen) atoms. The molecule has 0 spiro atoms. The van der Waals surface area contributed by atoms with E-state index in [1.54, 1.807) is 10.9 Å². The van der Waals surface area contributed by atoms with Crippen LogP contribution in [0.25, 0.3) is 5.69 Å². The van der Waals surface area contributed by atoms with E-state index < -0.39 is 23.8 Å². The number of alkyl halides is 3. The third-order valence-electron chi connectivity index (χ3n) is 4.26. The van der Waals surface area contributed by atoms with Gasteiger partial charge < -0.3 is 5.11 Å². The number of aliphatic hydroxyl groups excluding tert-OH is 1. The lowest BCUT2D eigenvalue weighted by atomic mass is 10.1. The van der Waals surface area contributed by atoms with E-state index >= 15 is 0 Å². The third kappa shape index (κ3) is 3.97.